The molecule has 0 unspecified atom stereocenters. The normalized spacial score (nSPS) is 27.1. The Morgan fingerprint density at radius 3 is 2.78 bits per heavy atom. The van der Waals surface area contributed by atoms with Crippen LogP contribution in [0.3, 0.4) is 0 Å². The molecule has 2 aromatic heterocycles. The molecule has 55 heavy (non-hydrogen) atoms. The molecule has 1 saturated heterocycles. The lowest BCUT2D eigenvalue weighted by Gasteiger charge is -2.52. The standard InChI is InChI=1S/C41H50N4O8S2/c1-5-23(2)38(49)53-40(3)8-6-25-21-54-55-22-32-30(17-43-4)19-45(32)36(48)13-29-18-44-35(42)14-31(29)37(25)41(40)16-28-12-26-11-27(10-24(20-47)7-9-46)39(50)51-33(26)15-34(28)52-41/h5-6,11-12,14-15,18,24,30,32,37,43,46-47H,7-10,13,16-17,19-22H2,1-4H3,(H2,42,44)/b23-5+/t24-,30+,32-,37+,40-,41-/m1/s1. The number of carbonyl (C=O) groups is 2. The summed E-state index contributed by atoms with van der Waals surface area (Å²) < 4.78 is 19.6. The molecule has 0 saturated carbocycles. The van der Waals surface area contributed by atoms with Crippen LogP contribution in [0.4, 0.5) is 5.82 Å². The van der Waals surface area contributed by atoms with E-state index in [-0.39, 0.29) is 43.9 Å². The van der Waals surface area contributed by atoms with Crippen LogP contribution in [0.15, 0.2) is 63.0 Å². The second-order valence-electron chi connectivity index (χ2n) is 15.5. The molecule has 6 atom stereocenters. The van der Waals surface area contributed by atoms with Gasteiger partial charge in [0, 0.05) is 91.4 Å². The third kappa shape index (κ3) is 7.32. The maximum atomic E-state index is 14.1. The van der Waals surface area contributed by atoms with Crippen LogP contribution in [0, 0.1) is 11.8 Å². The summed E-state index contributed by atoms with van der Waals surface area (Å²) in [5, 5.41) is 23.3. The number of ether oxygens (including phenoxy) is 2. The Balaban J connectivity index is 1.36. The molecule has 5 heterocycles. The number of aliphatic hydroxyl groups excluding tert-OH is 2. The first-order valence-electron chi connectivity index (χ1n) is 18.9. The minimum Gasteiger partial charge on any atom is -0.481 e. The summed E-state index contributed by atoms with van der Waals surface area (Å²) in [7, 11) is 5.45. The number of carbonyl (C=O) groups excluding carboxylic acids is 2. The van der Waals surface area contributed by atoms with Gasteiger partial charge in [0.25, 0.3) is 0 Å². The number of aromatic nitrogens is 1. The molecule has 3 aliphatic heterocycles. The predicted molar refractivity (Wildman–Crippen MR) is 215 cm³/mol. The minimum atomic E-state index is -1.20. The quantitative estimate of drug-likeness (QED) is 0.0793. The zero-order valence-corrected chi connectivity index (χ0v) is 33.4. The van der Waals surface area contributed by atoms with Gasteiger partial charge < -0.3 is 40.1 Å². The first-order valence-corrected chi connectivity index (χ1v) is 21.4. The molecule has 0 radical (unpaired) electrons. The minimum absolute atomic E-state index is 0.0276. The molecule has 294 valence electrons. The van der Waals surface area contributed by atoms with Gasteiger partial charge in [-0.1, -0.05) is 39.3 Å². The smallest absolute Gasteiger partial charge is 0.339 e. The van der Waals surface area contributed by atoms with Crippen LogP contribution in [-0.2, 0) is 33.6 Å². The molecule has 1 aromatic carbocycles. The number of pyridine rings is 1. The number of fused-ring (bicyclic) bond motifs is 7. The van der Waals surface area contributed by atoms with E-state index in [1.807, 2.05) is 31.0 Å². The summed E-state index contributed by atoms with van der Waals surface area (Å²) in [4.78, 5) is 47.4. The summed E-state index contributed by atoms with van der Waals surface area (Å²) >= 11 is 0. The van der Waals surface area contributed by atoms with E-state index in [0.29, 0.717) is 71.2 Å². The van der Waals surface area contributed by atoms with Gasteiger partial charge in [-0.25, -0.2) is 14.6 Å². The lowest BCUT2D eigenvalue weighted by atomic mass is 9.61. The van der Waals surface area contributed by atoms with Gasteiger partial charge in [0.15, 0.2) is 11.2 Å². The molecular weight excluding hydrogens is 741 g/mol. The van der Waals surface area contributed by atoms with E-state index in [2.05, 4.69) is 16.4 Å². The Morgan fingerprint density at radius 1 is 1.22 bits per heavy atom. The fourth-order valence-electron chi connectivity index (χ4n) is 8.71. The highest BCUT2D eigenvalue weighted by molar-refractivity contribution is 8.76. The Hall–Kier alpha value is -3.82. The van der Waals surface area contributed by atoms with Crippen molar-refractivity contribution in [2.45, 2.75) is 76.0 Å². The molecule has 1 fully saturated rings. The van der Waals surface area contributed by atoms with Crippen molar-refractivity contribution in [2.24, 2.45) is 11.8 Å². The molecule has 1 aliphatic carbocycles. The van der Waals surface area contributed by atoms with Crippen molar-refractivity contribution < 1.29 is 33.7 Å². The number of anilines is 1. The van der Waals surface area contributed by atoms with Crippen LogP contribution in [0.1, 0.15) is 61.8 Å². The number of esters is 1. The van der Waals surface area contributed by atoms with Crippen molar-refractivity contribution in [3.63, 3.8) is 0 Å². The molecule has 1 spiro atoms. The topological polar surface area (TPSA) is 177 Å². The van der Waals surface area contributed by atoms with Gasteiger partial charge in [0.1, 0.15) is 17.2 Å². The number of amides is 1. The predicted octanol–water partition coefficient (Wildman–Crippen LogP) is 4.34. The van der Waals surface area contributed by atoms with Gasteiger partial charge in [-0.2, -0.15) is 0 Å². The van der Waals surface area contributed by atoms with Crippen molar-refractivity contribution in [3.05, 3.63) is 86.4 Å². The number of hydrogen-bond donors (Lipinski definition) is 4. The van der Waals surface area contributed by atoms with E-state index >= 15 is 0 Å². The average Bonchev–Trinajstić information content (AvgIpc) is 3.52. The Kier molecular flexibility index (Phi) is 11.4. The number of allylic oxidation sites excluding steroid dienone is 1. The molecule has 12 nitrogen and oxygen atoms in total. The van der Waals surface area contributed by atoms with Crippen LogP contribution in [0.2, 0.25) is 0 Å². The number of nitrogens with two attached hydrogens (primary N) is 1. The maximum absolute atomic E-state index is 14.1. The Morgan fingerprint density at radius 2 is 2.04 bits per heavy atom. The van der Waals surface area contributed by atoms with E-state index < -0.39 is 28.7 Å². The van der Waals surface area contributed by atoms with E-state index in [1.165, 1.54) is 0 Å². The van der Waals surface area contributed by atoms with Crippen molar-refractivity contribution in [1.29, 1.82) is 0 Å². The number of benzene rings is 1. The molecule has 1 amide bonds. The van der Waals surface area contributed by atoms with Crippen LogP contribution in [0.5, 0.6) is 5.75 Å². The van der Waals surface area contributed by atoms with E-state index in [1.54, 1.807) is 59.8 Å². The van der Waals surface area contributed by atoms with E-state index in [4.69, 9.17) is 19.6 Å². The van der Waals surface area contributed by atoms with Gasteiger partial charge in [-0.3, -0.25) is 4.79 Å². The second-order valence-corrected chi connectivity index (χ2v) is 18.0. The van der Waals surface area contributed by atoms with Crippen LogP contribution < -0.4 is 21.4 Å². The summed E-state index contributed by atoms with van der Waals surface area (Å²) in [6, 6.07) is 7.45. The van der Waals surface area contributed by atoms with Crippen molar-refractivity contribution in [2.75, 3.05) is 50.6 Å². The van der Waals surface area contributed by atoms with E-state index in [0.717, 1.165) is 34.6 Å². The summed E-state index contributed by atoms with van der Waals surface area (Å²) in [5.74, 6) is 1.44. The zero-order valence-electron chi connectivity index (χ0n) is 31.8. The number of rotatable bonds is 9. The largest absolute Gasteiger partial charge is 0.481 e. The first-order chi connectivity index (χ1) is 26.4. The van der Waals surface area contributed by atoms with Gasteiger partial charge in [-0.05, 0) is 81.5 Å². The number of nitrogen functional groups attached to an aromatic ring is 1. The van der Waals surface area contributed by atoms with Gasteiger partial charge in [-0.15, -0.1) is 0 Å². The number of aliphatic hydroxyl groups is 2. The summed E-state index contributed by atoms with van der Waals surface area (Å²) in [6.07, 6.45) is 7.05. The van der Waals surface area contributed by atoms with Gasteiger partial charge in [0.05, 0.1) is 12.3 Å². The SMILES string of the molecule is C/C=C(\C)C(=O)O[C@]1(C)CC=C2CSSC[C@@H]3[C@@H](CNC)CN3C(=O)Cc3cnc(N)cc3[C@H]2[C@]12Cc1cc3cc(C[C@H](CO)CCO)c(=O)oc3cc1O2. The van der Waals surface area contributed by atoms with E-state index in [9.17, 15) is 24.6 Å². The Labute approximate surface area is 328 Å². The third-order valence-corrected chi connectivity index (χ3v) is 14.4. The average molecular weight is 791 g/mol. The zero-order chi connectivity index (χ0) is 39.1. The van der Waals surface area contributed by atoms with Gasteiger partial charge in [0.2, 0.25) is 5.91 Å². The van der Waals surface area contributed by atoms with Crippen LogP contribution >= 0.6 is 21.6 Å². The molecule has 14 heteroatoms. The molecule has 7 rings (SSSR count). The van der Waals surface area contributed by atoms with Crippen LogP contribution in [-0.4, -0.2) is 94.1 Å². The third-order valence-electron chi connectivity index (χ3n) is 12.0. The summed E-state index contributed by atoms with van der Waals surface area (Å²) in [6.45, 7) is 6.71. The highest BCUT2D eigenvalue weighted by Gasteiger charge is 2.64. The number of nitrogens with zero attached hydrogens (tertiary/aromatic N) is 2. The molecule has 4 aliphatic rings. The Bertz CT molecular complexity index is 2100. The lowest BCUT2D eigenvalue weighted by Crippen LogP contribution is -2.64. The molecule has 5 N–H and O–H groups in total. The van der Waals surface area contributed by atoms with Crippen molar-refractivity contribution in [3.8, 4) is 5.75 Å². The second kappa shape index (κ2) is 16.0. The fourth-order valence-corrected chi connectivity index (χ4v) is 11.3. The van der Waals surface area contributed by atoms with Crippen LogP contribution in [0.25, 0.3) is 11.0 Å². The first kappa shape index (κ1) is 39.4. The summed E-state index contributed by atoms with van der Waals surface area (Å²) in [5.41, 5.74) is 8.23. The maximum Gasteiger partial charge on any atom is 0.339 e. The molecule has 0 bridgehead atoms. The molecule has 3 aromatic rings. The lowest BCUT2D eigenvalue weighted by molar-refractivity contribution is -0.183. The monoisotopic (exact) mass is 790 g/mol. The van der Waals surface area contributed by atoms with Gasteiger partial charge >= 0.3 is 11.6 Å². The van der Waals surface area contributed by atoms with Crippen molar-refractivity contribution >= 4 is 50.3 Å². The van der Waals surface area contributed by atoms with Crippen molar-refractivity contribution in [1.82, 2.24) is 15.2 Å². The number of hydrogen-bond acceptors (Lipinski definition) is 13. The molecular formula is C41H50N4O8S2. The number of nitrogens with one attached hydrogen (secondary N) is 1. The highest BCUT2D eigenvalue weighted by atomic mass is 33.1. The fraction of sp³-hybridized carbons (Fsp3) is 0.512. The highest BCUT2D eigenvalue weighted by Crippen LogP contribution is 2.58.